The second-order valence-corrected chi connectivity index (χ2v) is 19.4. The minimum Gasteiger partial charge on any atom is -0.664 e. The van der Waals surface area contributed by atoms with Gasteiger partial charge in [-0.25, -0.2) is 0 Å². The Hall–Kier alpha value is -4.28. The molecule has 0 amide bonds. The Morgan fingerprint density at radius 2 is 1.48 bits per heavy atom. The van der Waals surface area contributed by atoms with Gasteiger partial charge in [-0.3, -0.25) is 14.4 Å². The van der Waals surface area contributed by atoms with Crippen molar-refractivity contribution in [3.05, 3.63) is 102 Å². The molecule has 0 aromatic carbocycles. The van der Waals surface area contributed by atoms with E-state index in [1.54, 1.807) is 0 Å². The van der Waals surface area contributed by atoms with Crippen LogP contribution in [0, 0.1) is 56.3 Å². The molecule has 9 nitrogen and oxygen atoms in total. The first kappa shape index (κ1) is 51.7. The van der Waals surface area contributed by atoms with Gasteiger partial charge in [0.2, 0.25) is 0 Å². The maximum atomic E-state index is 14.4. The van der Waals surface area contributed by atoms with Crippen molar-refractivity contribution in [3.63, 3.8) is 0 Å². The van der Waals surface area contributed by atoms with Crippen LogP contribution in [0.5, 0.6) is 0 Å². The fourth-order valence-electron chi connectivity index (χ4n) is 10.1. The number of hydrogen-bond acceptors (Lipinski definition) is 5. The first-order valence-electron chi connectivity index (χ1n) is 24.0. The Morgan fingerprint density at radius 1 is 0.831 bits per heavy atom. The number of esters is 2. The normalized spacial score (nSPS) is 21.7. The third-order valence-electron chi connectivity index (χ3n) is 14.2. The number of allylic oxidation sites excluding steroid dienone is 3. The molecule has 0 saturated carbocycles. The summed E-state index contributed by atoms with van der Waals surface area (Å²) in [6.07, 6.45) is 22.4. The molecule has 3 aliphatic rings. The molecule has 0 N–H and O–H groups in total. The van der Waals surface area contributed by atoms with Crippen molar-refractivity contribution in [1.82, 2.24) is 15.0 Å². The second kappa shape index (κ2) is 22.9. The number of methoxy groups -OCH3 is 1. The van der Waals surface area contributed by atoms with E-state index in [9.17, 15) is 14.4 Å². The van der Waals surface area contributed by atoms with E-state index < -0.39 is 11.9 Å². The molecule has 8 bridgehead atoms. The topological polar surface area (TPSA) is 126 Å². The van der Waals surface area contributed by atoms with E-state index in [1.165, 1.54) is 57.6 Å². The number of nitrogens with zero attached hydrogens (tertiary/aromatic N) is 4. The van der Waals surface area contributed by atoms with Crippen LogP contribution in [0.4, 0.5) is 0 Å². The zero-order chi connectivity index (χ0) is 46.4. The summed E-state index contributed by atoms with van der Waals surface area (Å²) in [6, 6.07) is 0. The third kappa shape index (κ3) is 11.6. The fraction of sp³-hybridized carbons (Fsp3) is 0.545. The van der Waals surface area contributed by atoms with Gasteiger partial charge in [-0.1, -0.05) is 151 Å². The maximum Gasteiger partial charge on any atom is 2.00 e. The number of rotatable bonds is 20. The summed E-state index contributed by atoms with van der Waals surface area (Å²) in [7, 11) is 1.30. The maximum absolute atomic E-state index is 14.4. The Balaban J connectivity index is 0.00000793. The Labute approximate surface area is 404 Å². The van der Waals surface area contributed by atoms with Crippen molar-refractivity contribution in [2.24, 2.45) is 35.5 Å². The van der Waals surface area contributed by atoms with Gasteiger partial charge in [0.25, 0.3) is 0 Å². The van der Waals surface area contributed by atoms with Crippen LogP contribution in [0.15, 0.2) is 29.6 Å². The van der Waals surface area contributed by atoms with E-state index in [0.29, 0.717) is 46.1 Å². The van der Waals surface area contributed by atoms with Crippen molar-refractivity contribution >= 4 is 70.7 Å². The predicted molar refractivity (Wildman–Crippen MR) is 265 cm³/mol. The molecule has 0 spiro atoms. The van der Waals surface area contributed by atoms with Crippen LogP contribution < -0.4 is 25.7 Å². The van der Waals surface area contributed by atoms with Crippen molar-refractivity contribution in [2.75, 3.05) is 13.7 Å². The van der Waals surface area contributed by atoms with Crippen molar-refractivity contribution in [2.45, 2.75) is 146 Å². The zero-order valence-electron chi connectivity index (χ0n) is 41.3. The van der Waals surface area contributed by atoms with Crippen LogP contribution in [0.2, 0.25) is 0 Å². The summed E-state index contributed by atoms with van der Waals surface area (Å²) >= 11 is 0. The number of carbonyl (C=O) groups excluding carboxylic acids is 3. The Morgan fingerprint density at radius 3 is 2.12 bits per heavy atom. The molecule has 2 aliphatic heterocycles. The van der Waals surface area contributed by atoms with Gasteiger partial charge in [-0.15, -0.1) is 33.5 Å². The van der Waals surface area contributed by atoms with E-state index in [0.717, 1.165) is 81.1 Å². The molecule has 1 saturated heterocycles. The molecule has 6 rings (SSSR count). The van der Waals surface area contributed by atoms with Crippen LogP contribution >= 0.6 is 0 Å². The number of hydrogen-bond donors (Lipinski definition) is 0. The molecule has 1 fully saturated rings. The largest absolute Gasteiger partial charge is 2.00 e. The van der Waals surface area contributed by atoms with Gasteiger partial charge in [-0.05, 0) is 94.6 Å². The summed E-state index contributed by atoms with van der Waals surface area (Å²) < 4.78 is 11.0. The van der Waals surface area contributed by atoms with Gasteiger partial charge in [0, 0.05) is 12.0 Å². The summed E-state index contributed by atoms with van der Waals surface area (Å²) in [4.78, 5) is 56.6. The van der Waals surface area contributed by atoms with Crippen molar-refractivity contribution in [1.29, 1.82) is 0 Å². The molecule has 5 heterocycles. The summed E-state index contributed by atoms with van der Waals surface area (Å²) in [5.74, 6) is -0.711. The van der Waals surface area contributed by atoms with Crippen LogP contribution in [0.3, 0.4) is 0 Å². The standard InChI is InChI=1S/C55H73N4O5.Mg/c1-13-39-35(8)42-28-44-37(10)41(24-25-48(60)64-27-26-34(7)23-17-22-33(6)21-16-20-32(5)19-15-18-31(3)4)52(58-44)50-51(55(62)63-12)54(61)49-38(11)45(59-53(49)50)30-47-40(14-2)36(9)43(57-47)29-46(39)56-42;/h13,26,28-33,37,41,51H,1,14-25,27H2,2-12H3,(H-,58,59,61);/q-3;+2/p-1/b34-26+,43-29-,44-28-,47-30-;/t32-,33+,37-,41-,51+;/m0./s1. The van der Waals surface area contributed by atoms with E-state index in [-0.39, 0.29) is 59.7 Å². The van der Waals surface area contributed by atoms with E-state index in [4.69, 9.17) is 29.7 Å². The van der Waals surface area contributed by atoms with E-state index in [1.807, 2.05) is 44.2 Å². The van der Waals surface area contributed by atoms with Crippen LogP contribution in [0.1, 0.15) is 180 Å². The molecule has 65 heavy (non-hydrogen) atoms. The number of aromatic nitrogens is 3. The molecule has 0 unspecified atom stereocenters. The molecule has 0 radical (unpaired) electrons. The number of Topliss-reactive ketones (excluding diaryl/α,β-unsaturated/α-hetero) is 1. The molecule has 3 aromatic heterocycles. The first-order valence-corrected chi connectivity index (χ1v) is 24.0. The monoisotopic (exact) mass is 893 g/mol. The molecule has 346 valence electrons. The van der Waals surface area contributed by atoms with Gasteiger partial charge in [0.15, 0.2) is 5.78 Å². The fourth-order valence-corrected chi connectivity index (χ4v) is 10.1. The number of ketones is 1. The van der Waals surface area contributed by atoms with Crippen molar-refractivity contribution in [3.8, 4) is 0 Å². The van der Waals surface area contributed by atoms with Crippen LogP contribution in [-0.2, 0) is 25.5 Å². The number of ether oxygens (including phenoxy) is 2. The number of carbonyl (C=O) groups is 3. The van der Waals surface area contributed by atoms with Crippen molar-refractivity contribution < 1.29 is 23.9 Å². The average Bonchev–Trinajstić information content (AvgIpc) is 3.99. The zero-order valence-corrected chi connectivity index (χ0v) is 42.7. The minimum atomic E-state index is -1.22. The number of fused-ring (bicyclic) bond motifs is 7. The Kier molecular flexibility index (Phi) is 18.3. The van der Waals surface area contributed by atoms with Crippen LogP contribution in [0.25, 0.3) is 35.2 Å². The van der Waals surface area contributed by atoms with Gasteiger partial charge in [0.1, 0.15) is 12.5 Å². The first-order chi connectivity index (χ1) is 30.6. The SMILES string of the molecule is C=Cc1c2[n-]c(c1C)/C=C1\[N-]/C(=C3\c4[n-]c(c(C)c4C(=O)[C@@H]3C(=O)OC)/C=c3\[n-]/c(c(C)c3CC)=C\2)[C@@H](CCC(=O)OC/C=C(\C)CCC[C@H](C)CCC[C@@H](C)CCCC(C)C)[C@@H]1C.[Mg+2]. The van der Waals surface area contributed by atoms with Gasteiger partial charge < -0.3 is 29.7 Å². The summed E-state index contributed by atoms with van der Waals surface area (Å²) in [5.41, 5.74) is 10.7. The third-order valence-corrected chi connectivity index (χ3v) is 14.2. The smallest absolute Gasteiger partial charge is 0.664 e. The molecular formula is C55H72MgN4O5-2. The Bertz CT molecular complexity index is 2450. The van der Waals surface area contributed by atoms with Gasteiger partial charge in [0.05, 0.1) is 7.11 Å². The van der Waals surface area contributed by atoms with Crippen LogP contribution in [-0.4, -0.2) is 54.5 Å². The average molecular weight is 894 g/mol. The quantitative estimate of drug-likeness (QED) is 0.0475. The van der Waals surface area contributed by atoms with E-state index >= 15 is 0 Å². The molecule has 5 atom stereocenters. The van der Waals surface area contributed by atoms with E-state index in [2.05, 4.69) is 62.0 Å². The molecule has 10 heteroatoms. The predicted octanol–water partition coefficient (Wildman–Crippen LogP) is 10.4. The molecular weight excluding hydrogens is 821 g/mol. The van der Waals surface area contributed by atoms with Gasteiger partial charge in [-0.2, -0.15) is 11.4 Å². The molecule has 3 aromatic rings. The minimum absolute atomic E-state index is 0. The second-order valence-electron chi connectivity index (χ2n) is 19.4. The molecule has 1 aliphatic carbocycles. The summed E-state index contributed by atoms with van der Waals surface area (Å²) in [6.45, 7) is 26.0. The van der Waals surface area contributed by atoms with Gasteiger partial charge >= 0.3 is 35.0 Å². The summed E-state index contributed by atoms with van der Waals surface area (Å²) in [5, 5.41) is 6.83.